The van der Waals surface area contributed by atoms with Crippen molar-refractivity contribution >= 4 is 11.8 Å². The first-order valence-electron chi connectivity index (χ1n) is 5.68. The number of nitrogens with one attached hydrogen (secondary N) is 1. The van der Waals surface area contributed by atoms with Gasteiger partial charge in [-0.15, -0.1) is 0 Å². The molecule has 0 aliphatic heterocycles. The van der Waals surface area contributed by atoms with Crippen LogP contribution in [0.1, 0.15) is 12.0 Å². The quantitative estimate of drug-likeness (QED) is 0.620. The molecular weight excluding hydrogens is 232 g/mol. The minimum atomic E-state index is -0.580. The molecule has 0 unspecified atom stereocenters. The Hall–Kier alpha value is -1.88. The number of hydrogen-bond donors (Lipinski definition) is 1. The van der Waals surface area contributed by atoms with Gasteiger partial charge in [-0.3, -0.25) is 0 Å². The maximum absolute atomic E-state index is 10.9. The third-order valence-corrected chi connectivity index (χ3v) is 2.35. The van der Waals surface area contributed by atoms with Crippen LogP contribution in [0.15, 0.2) is 35.4 Å². The number of methoxy groups -OCH3 is 2. The Bertz CT molecular complexity index is 390. The van der Waals surface area contributed by atoms with E-state index in [1.807, 2.05) is 18.2 Å². The van der Waals surface area contributed by atoms with Gasteiger partial charge in [0.25, 0.3) is 0 Å². The number of carbonyl (C=O) groups excluding carboxylic acids is 1. The van der Waals surface area contributed by atoms with E-state index in [4.69, 9.17) is 4.74 Å². The molecule has 1 aromatic carbocycles. The Morgan fingerprint density at radius 3 is 2.61 bits per heavy atom. The number of carbonyl (C=O) groups is 1. The van der Waals surface area contributed by atoms with E-state index in [9.17, 15) is 4.79 Å². The molecule has 0 bridgehead atoms. The topological polar surface area (TPSA) is 59.9 Å². The molecular formula is C13H18N2O3. The van der Waals surface area contributed by atoms with Crippen LogP contribution in [0.25, 0.3) is 0 Å². The van der Waals surface area contributed by atoms with Crippen LogP contribution in [0.4, 0.5) is 4.79 Å². The fourth-order valence-corrected chi connectivity index (χ4v) is 1.43. The summed E-state index contributed by atoms with van der Waals surface area (Å²) in [6.45, 7) is 0.386. The van der Waals surface area contributed by atoms with Crippen LogP contribution in [0.3, 0.4) is 0 Å². The molecule has 5 nitrogen and oxygen atoms in total. The Morgan fingerprint density at radius 1 is 1.28 bits per heavy atom. The smallest absolute Gasteiger partial charge is 0.427 e. The Kier molecular flexibility index (Phi) is 6.50. The summed E-state index contributed by atoms with van der Waals surface area (Å²) in [4.78, 5) is 10.9. The molecule has 0 saturated carbocycles. The first kappa shape index (κ1) is 14.2. The highest BCUT2D eigenvalue weighted by molar-refractivity contribution is 5.86. The van der Waals surface area contributed by atoms with E-state index in [-0.39, 0.29) is 0 Å². The van der Waals surface area contributed by atoms with Crippen LogP contribution in [0.5, 0.6) is 0 Å². The molecule has 0 radical (unpaired) electrons. The number of hydrazone groups is 1. The Morgan fingerprint density at radius 2 is 2.00 bits per heavy atom. The molecule has 1 rings (SSSR count). The van der Waals surface area contributed by atoms with Crippen LogP contribution in [-0.4, -0.2) is 32.6 Å². The molecule has 1 aromatic rings. The zero-order chi connectivity index (χ0) is 13.2. The molecule has 0 atom stereocenters. The molecule has 0 saturated heterocycles. The maximum Gasteiger partial charge on any atom is 0.427 e. The predicted molar refractivity (Wildman–Crippen MR) is 69.6 cm³/mol. The van der Waals surface area contributed by atoms with Crippen molar-refractivity contribution < 1.29 is 14.3 Å². The van der Waals surface area contributed by atoms with Crippen molar-refractivity contribution in [2.45, 2.75) is 12.8 Å². The summed E-state index contributed by atoms with van der Waals surface area (Å²) in [5.74, 6) is 0. The lowest BCUT2D eigenvalue weighted by molar-refractivity contribution is 0.171. The highest BCUT2D eigenvalue weighted by Crippen LogP contribution is 2.03. The fraction of sp³-hybridized carbons (Fsp3) is 0.385. The second-order valence-corrected chi connectivity index (χ2v) is 3.70. The standard InChI is InChI=1S/C13H18N2O3/c1-17-10-12(14-15-13(16)18-2)9-8-11-6-4-3-5-7-11/h3-7H,8-10H2,1-2H3,(H,15,16)/b14-12-. The number of hydrogen-bond acceptors (Lipinski definition) is 4. The molecule has 0 heterocycles. The SMILES string of the molecule is COC/C(CCc1ccccc1)=N\NC(=O)OC. The van der Waals surface area contributed by atoms with E-state index in [1.54, 1.807) is 7.11 Å². The van der Waals surface area contributed by atoms with Gasteiger partial charge < -0.3 is 9.47 Å². The molecule has 1 amide bonds. The van der Waals surface area contributed by atoms with Crippen LogP contribution in [0, 0.1) is 0 Å². The van der Waals surface area contributed by atoms with Gasteiger partial charge in [-0.25, -0.2) is 10.2 Å². The minimum absolute atomic E-state index is 0.386. The van der Waals surface area contributed by atoms with E-state index in [0.29, 0.717) is 6.61 Å². The number of benzene rings is 1. The van der Waals surface area contributed by atoms with Crippen LogP contribution >= 0.6 is 0 Å². The van der Waals surface area contributed by atoms with Crippen LogP contribution in [0.2, 0.25) is 0 Å². The normalized spacial score (nSPS) is 11.1. The minimum Gasteiger partial charge on any atom is -0.452 e. The Balaban J connectivity index is 2.49. The predicted octanol–water partition coefficient (Wildman–Crippen LogP) is 1.98. The summed E-state index contributed by atoms with van der Waals surface area (Å²) in [5, 5.41) is 3.97. The maximum atomic E-state index is 10.9. The average molecular weight is 250 g/mol. The highest BCUT2D eigenvalue weighted by Gasteiger charge is 2.02. The molecule has 98 valence electrons. The average Bonchev–Trinajstić information content (AvgIpc) is 2.42. The van der Waals surface area contributed by atoms with Crippen molar-refractivity contribution in [1.29, 1.82) is 0 Å². The third kappa shape index (κ3) is 5.45. The molecule has 0 aliphatic carbocycles. The van der Waals surface area contributed by atoms with Gasteiger partial charge in [0.1, 0.15) is 0 Å². The second-order valence-electron chi connectivity index (χ2n) is 3.70. The van der Waals surface area contributed by atoms with Gasteiger partial charge in [-0.1, -0.05) is 30.3 Å². The van der Waals surface area contributed by atoms with Crippen molar-refractivity contribution in [3.8, 4) is 0 Å². The molecule has 1 N–H and O–H groups in total. The monoisotopic (exact) mass is 250 g/mol. The fourth-order valence-electron chi connectivity index (χ4n) is 1.43. The largest absolute Gasteiger partial charge is 0.452 e. The van der Waals surface area contributed by atoms with Crippen molar-refractivity contribution in [3.63, 3.8) is 0 Å². The van der Waals surface area contributed by atoms with Crippen LogP contribution in [-0.2, 0) is 15.9 Å². The number of amides is 1. The first-order chi connectivity index (χ1) is 8.76. The lowest BCUT2D eigenvalue weighted by atomic mass is 10.1. The van der Waals surface area contributed by atoms with Gasteiger partial charge in [0.15, 0.2) is 0 Å². The van der Waals surface area contributed by atoms with E-state index < -0.39 is 6.09 Å². The summed E-state index contributed by atoms with van der Waals surface area (Å²) >= 11 is 0. The molecule has 0 fully saturated rings. The zero-order valence-corrected chi connectivity index (χ0v) is 10.7. The van der Waals surface area contributed by atoms with E-state index >= 15 is 0 Å². The molecule has 5 heteroatoms. The van der Waals surface area contributed by atoms with Gasteiger partial charge in [0.05, 0.1) is 19.4 Å². The van der Waals surface area contributed by atoms with Crippen LogP contribution < -0.4 is 5.43 Å². The van der Waals surface area contributed by atoms with E-state index in [2.05, 4.69) is 27.4 Å². The summed E-state index contributed by atoms with van der Waals surface area (Å²) in [6, 6.07) is 10.1. The number of nitrogens with zero attached hydrogens (tertiary/aromatic N) is 1. The summed E-state index contributed by atoms with van der Waals surface area (Å²) in [6.07, 6.45) is 0.997. The lowest BCUT2D eigenvalue weighted by Gasteiger charge is -2.06. The van der Waals surface area contributed by atoms with Gasteiger partial charge in [-0.2, -0.15) is 5.10 Å². The molecule has 0 spiro atoms. The van der Waals surface area contributed by atoms with Gasteiger partial charge >= 0.3 is 6.09 Å². The van der Waals surface area contributed by atoms with E-state index in [0.717, 1.165) is 18.6 Å². The summed E-state index contributed by atoms with van der Waals surface area (Å²) < 4.78 is 9.48. The summed E-state index contributed by atoms with van der Waals surface area (Å²) in [7, 11) is 2.89. The first-order valence-corrected chi connectivity index (χ1v) is 5.68. The summed E-state index contributed by atoms with van der Waals surface area (Å²) in [5.41, 5.74) is 4.29. The Labute approximate surface area is 107 Å². The van der Waals surface area contributed by atoms with Crippen molar-refractivity contribution in [3.05, 3.63) is 35.9 Å². The third-order valence-electron chi connectivity index (χ3n) is 2.35. The zero-order valence-electron chi connectivity index (χ0n) is 10.7. The number of ether oxygens (including phenoxy) is 2. The second kappa shape index (κ2) is 8.25. The molecule has 18 heavy (non-hydrogen) atoms. The number of rotatable bonds is 6. The molecule has 0 aromatic heterocycles. The van der Waals surface area contributed by atoms with Gasteiger partial charge in [0.2, 0.25) is 0 Å². The van der Waals surface area contributed by atoms with Crippen molar-refractivity contribution in [2.24, 2.45) is 5.10 Å². The van der Waals surface area contributed by atoms with Crippen molar-refractivity contribution in [2.75, 3.05) is 20.8 Å². The molecule has 0 aliphatic rings. The number of aryl methyl sites for hydroxylation is 1. The van der Waals surface area contributed by atoms with E-state index in [1.165, 1.54) is 12.7 Å². The van der Waals surface area contributed by atoms with Gasteiger partial charge in [-0.05, 0) is 18.4 Å². The highest BCUT2D eigenvalue weighted by atomic mass is 16.5. The van der Waals surface area contributed by atoms with Crippen molar-refractivity contribution in [1.82, 2.24) is 5.43 Å². The lowest BCUT2D eigenvalue weighted by Crippen LogP contribution is -2.21. The van der Waals surface area contributed by atoms with Gasteiger partial charge in [0, 0.05) is 7.11 Å².